The zero-order valence-electron chi connectivity index (χ0n) is 15.3. The third-order valence-corrected chi connectivity index (χ3v) is 6.22. The van der Waals surface area contributed by atoms with Crippen LogP contribution in [0.25, 0.3) is 0 Å². The summed E-state index contributed by atoms with van der Waals surface area (Å²) in [7, 11) is 1.93. The summed E-state index contributed by atoms with van der Waals surface area (Å²) in [5.74, 6) is 1.40. The van der Waals surface area contributed by atoms with Gasteiger partial charge in [0, 0.05) is 18.3 Å². The molecule has 140 valence electrons. The molecule has 1 amide bonds. The Bertz CT molecular complexity index is 518. The average Bonchev–Trinajstić information content (AvgIpc) is 2.85. The Morgan fingerprint density at radius 2 is 1.88 bits per heavy atom. The Kier molecular flexibility index (Phi) is 10.4. The summed E-state index contributed by atoms with van der Waals surface area (Å²) in [5.41, 5.74) is 1.06. The van der Waals surface area contributed by atoms with Crippen molar-refractivity contribution in [2.75, 3.05) is 20.1 Å². The van der Waals surface area contributed by atoms with E-state index in [4.69, 9.17) is 0 Å². The van der Waals surface area contributed by atoms with Crippen LogP contribution in [-0.4, -0.2) is 35.9 Å². The van der Waals surface area contributed by atoms with E-state index < -0.39 is 0 Å². The van der Waals surface area contributed by atoms with Crippen molar-refractivity contribution in [3.63, 3.8) is 0 Å². The highest BCUT2D eigenvalue weighted by Crippen LogP contribution is 2.30. The normalized spacial score (nSPS) is 17.4. The van der Waals surface area contributed by atoms with Crippen LogP contribution in [0.5, 0.6) is 0 Å². The molecule has 0 bridgehead atoms. The summed E-state index contributed by atoms with van der Waals surface area (Å²) in [6.45, 7) is 10.6. The number of hydrogen-bond acceptors (Lipinski definition) is 4. The van der Waals surface area contributed by atoms with Gasteiger partial charge in [-0.25, -0.2) is 4.98 Å². The largest absolute Gasteiger partial charge is 0.338 e. The Hall–Kier alpha value is -0.360. The predicted octanol–water partition coefficient (Wildman–Crippen LogP) is 4.15. The van der Waals surface area contributed by atoms with Gasteiger partial charge in [-0.05, 0) is 58.5 Å². The van der Waals surface area contributed by atoms with Gasteiger partial charge in [0.15, 0.2) is 0 Å². The van der Waals surface area contributed by atoms with E-state index in [1.807, 2.05) is 25.8 Å². The number of carbonyl (C=O) groups excluding carboxylic acids is 1. The zero-order valence-corrected chi connectivity index (χ0v) is 17.7. The summed E-state index contributed by atoms with van der Waals surface area (Å²) in [5, 5.41) is 4.47. The molecule has 1 aliphatic heterocycles. The minimum absolute atomic E-state index is 0. The molecule has 0 spiro atoms. The molecule has 2 heterocycles. The highest BCUT2D eigenvalue weighted by atomic mass is 35.5. The van der Waals surface area contributed by atoms with E-state index in [9.17, 15) is 4.79 Å². The number of halogens is 2. The van der Waals surface area contributed by atoms with Crippen LogP contribution in [0.4, 0.5) is 0 Å². The molecule has 1 saturated heterocycles. The van der Waals surface area contributed by atoms with Gasteiger partial charge in [0.2, 0.25) is 5.91 Å². The fraction of sp³-hybridized carbons (Fsp3) is 0.765. The van der Waals surface area contributed by atoms with E-state index in [0.29, 0.717) is 18.3 Å². The van der Waals surface area contributed by atoms with E-state index in [1.54, 1.807) is 11.3 Å². The number of aromatic nitrogens is 1. The fourth-order valence-corrected chi connectivity index (χ4v) is 4.35. The summed E-state index contributed by atoms with van der Waals surface area (Å²) >= 11 is 1.70. The second-order valence-corrected chi connectivity index (χ2v) is 7.87. The molecule has 2 unspecified atom stereocenters. The molecule has 7 heteroatoms. The topological polar surface area (TPSA) is 45.2 Å². The molecule has 1 fully saturated rings. The molecular formula is C17H31Cl2N3OS. The highest BCUT2D eigenvalue weighted by Gasteiger charge is 2.26. The van der Waals surface area contributed by atoms with Crippen LogP contribution >= 0.6 is 36.2 Å². The van der Waals surface area contributed by atoms with Crippen LogP contribution in [0, 0.1) is 25.7 Å². The van der Waals surface area contributed by atoms with Crippen molar-refractivity contribution in [1.82, 2.24) is 15.2 Å². The average molecular weight is 396 g/mol. The van der Waals surface area contributed by atoms with Gasteiger partial charge in [-0.2, -0.15) is 0 Å². The molecule has 1 aromatic heterocycles. The summed E-state index contributed by atoms with van der Waals surface area (Å²) in [6, 6.07) is 0.110. The Balaban J connectivity index is 0.00000264. The highest BCUT2D eigenvalue weighted by molar-refractivity contribution is 7.11. The molecular weight excluding hydrogens is 365 g/mol. The molecule has 4 nitrogen and oxygen atoms in total. The number of hydrogen-bond donors (Lipinski definition) is 1. The number of amides is 1. The van der Waals surface area contributed by atoms with Gasteiger partial charge in [0.1, 0.15) is 0 Å². The van der Waals surface area contributed by atoms with Crippen LogP contribution in [0.2, 0.25) is 0 Å². The molecule has 0 aromatic carbocycles. The summed E-state index contributed by atoms with van der Waals surface area (Å²) in [4.78, 5) is 20.2. The lowest BCUT2D eigenvalue weighted by molar-refractivity contribution is -0.133. The van der Waals surface area contributed by atoms with E-state index in [2.05, 4.69) is 24.1 Å². The van der Waals surface area contributed by atoms with Gasteiger partial charge in [-0.1, -0.05) is 6.92 Å². The van der Waals surface area contributed by atoms with Crippen molar-refractivity contribution in [1.29, 1.82) is 0 Å². The van der Waals surface area contributed by atoms with Crippen molar-refractivity contribution in [2.24, 2.45) is 11.8 Å². The molecule has 24 heavy (non-hydrogen) atoms. The smallest absolute Gasteiger partial charge is 0.223 e. The quantitative estimate of drug-likeness (QED) is 0.813. The van der Waals surface area contributed by atoms with Crippen LogP contribution < -0.4 is 5.32 Å². The second kappa shape index (κ2) is 10.6. The maximum atomic E-state index is 12.6. The Morgan fingerprint density at radius 1 is 1.29 bits per heavy atom. The summed E-state index contributed by atoms with van der Waals surface area (Å²) in [6.07, 6.45) is 3.05. The summed E-state index contributed by atoms with van der Waals surface area (Å²) < 4.78 is 0. The maximum absolute atomic E-state index is 12.6. The molecule has 1 N–H and O–H groups in total. The first-order chi connectivity index (χ1) is 10.4. The third kappa shape index (κ3) is 5.87. The number of nitrogens with one attached hydrogen (secondary N) is 1. The SMILES string of the molecule is Cc1nc(C)c(C(C)N(C)C(=O)CC(C)C2CCNCC2)s1.Cl.Cl. The molecule has 1 aromatic rings. The van der Waals surface area contributed by atoms with Crippen molar-refractivity contribution >= 4 is 42.1 Å². The van der Waals surface area contributed by atoms with Gasteiger partial charge in [0.25, 0.3) is 0 Å². The lowest BCUT2D eigenvalue weighted by Crippen LogP contribution is -2.35. The molecule has 2 atom stereocenters. The van der Waals surface area contributed by atoms with Crippen LogP contribution in [0.15, 0.2) is 0 Å². The van der Waals surface area contributed by atoms with Crippen LogP contribution in [0.1, 0.15) is 54.7 Å². The van der Waals surface area contributed by atoms with E-state index in [0.717, 1.165) is 23.8 Å². The minimum atomic E-state index is 0. The standard InChI is InChI=1S/C17H29N3OS.2ClH/c1-11(15-6-8-18-9-7-15)10-16(21)20(5)13(3)17-12(2)19-14(4)22-17;;/h11,13,15,18H,6-10H2,1-5H3;2*1H. The lowest BCUT2D eigenvalue weighted by atomic mass is 9.84. The second-order valence-electron chi connectivity index (χ2n) is 6.63. The van der Waals surface area contributed by atoms with Gasteiger partial charge in [-0.3, -0.25) is 4.79 Å². The number of nitrogens with zero attached hydrogens (tertiary/aromatic N) is 2. The first-order valence-corrected chi connectivity index (χ1v) is 9.12. The van der Waals surface area contributed by atoms with Crippen molar-refractivity contribution in [2.45, 2.75) is 53.0 Å². The van der Waals surface area contributed by atoms with Gasteiger partial charge < -0.3 is 10.2 Å². The Labute approximate surface area is 162 Å². The number of piperidine rings is 1. The fourth-order valence-electron chi connectivity index (χ4n) is 3.33. The van der Waals surface area contributed by atoms with Crippen LogP contribution in [0.3, 0.4) is 0 Å². The van der Waals surface area contributed by atoms with E-state index in [-0.39, 0.29) is 36.8 Å². The Morgan fingerprint density at radius 3 is 2.38 bits per heavy atom. The number of rotatable bonds is 5. The van der Waals surface area contributed by atoms with Crippen molar-refractivity contribution in [3.05, 3.63) is 15.6 Å². The van der Waals surface area contributed by atoms with Crippen molar-refractivity contribution in [3.8, 4) is 0 Å². The first-order valence-electron chi connectivity index (χ1n) is 8.30. The van der Waals surface area contributed by atoms with Crippen LogP contribution in [-0.2, 0) is 4.79 Å². The van der Waals surface area contributed by atoms with E-state index >= 15 is 0 Å². The lowest BCUT2D eigenvalue weighted by Gasteiger charge is -2.30. The van der Waals surface area contributed by atoms with Gasteiger partial charge in [0.05, 0.1) is 16.7 Å². The maximum Gasteiger partial charge on any atom is 0.223 e. The monoisotopic (exact) mass is 395 g/mol. The zero-order chi connectivity index (χ0) is 16.3. The molecule has 0 aliphatic carbocycles. The molecule has 0 saturated carbocycles. The predicted molar refractivity (Wildman–Crippen MR) is 107 cm³/mol. The number of aryl methyl sites for hydroxylation is 2. The minimum Gasteiger partial charge on any atom is -0.338 e. The molecule has 1 aliphatic rings. The van der Waals surface area contributed by atoms with E-state index in [1.165, 1.54) is 17.7 Å². The van der Waals surface area contributed by atoms with Gasteiger partial charge in [-0.15, -0.1) is 36.2 Å². The first kappa shape index (κ1) is 23.6. The molecule has 2 rings (SSSR count). The van der Waals surface area contributed by atoms with Crippen molar-refractivity contribution < 1.29 is 4.79 Å². The molecule has 0 radical (unpaired) electrons. The number of carbonyl (C=O) groups is 1. The third-order valence-electron chi connectivity index (χ3n) is 4.98. The number of thiazole rings is 1. The van der Waals surface area contributed by atoms with Gasteiger partial charge >= 0.3 is 0 Å².